The molecular weight excluding hydrogens is 238 g/mol. The second kappa shape index (κ2) is 5.97. The van der Waals surface area contributed by atoms with Crippen LogP contribution in [-0.4, -0.2) is 29.2 Å². The first-order valence-corrected chi connectivity index (χ1v) is 6.99. The topological polar surface area (TPSA) is 47.0 Å². The summed E-state index contributed by atoms with van der Waals surface area (Å²) in [7, 11) is 0. The van der Waals surface area contributed by atoms with E-state index in [4.69, 9.17) is 4.74 Å². The molecule has 1 aliphatic carbocycles. The number of rotatable bonds is 5. The smallest absolute Gasteiger partial charge is 0.223 e. The van der Waals surface area contributed by atoms with Crippen LogP contribution in [0.1, 0.15) is 25.7 Å². The van der Waals surface area contributed by atoms with Gasteiger partial charge in [0.05, 0.1) is 18.2 Å². The van der Waals surface area contributed by atoms with Gasteiger partial charge < -0.3 is 10.1 Å². The van der Waals surface area contributed by atoms with Crippen molar-refractivity contribution in [3.8, 4) is 0 Å². The molecule has 0 aliphatic heterocycles. The molecule has 100 valence electrons. The predicted molar refractivity (Wildman–Crippen MR) is 76.2 cm³/mol. The van der Waals surface area contributed by atoms with Gasteiger partial charge in [0, 0.05) is 18.1 Å². The number of fused-ring (bicyclic) bond motifs is 1. The fraction of sp³-hybridized carbons (Fsp3) is 0.467. The molecule has 1 saturated carbocycles. The third kappa shape index (κ3) is 3.20. The Hall–Kier alpha value is -1.68. The molecule has 0 saturated heterocycles. The van der Waals surface area contributed by atoms with Crippen molar-refractivity contribution in [3.05, 3.63) is 30.5 Å². The van der Waals surface area contributed by atoms with Crippen LogP contribution >= 0.6 is 0 Å². The molecule has 3 rings (SSSR count). The van der Waals surface area contributed by atoms with Gasteiger partial charge in [-0.15, -0.1) is 0 Å². The molecule has 0 spiro atoms. The van der Waals surface area contributed by atoms with Gasteiger partial charge in [0.25, 0.3) is 0 Å². The molecule has 2 aromatic rings. The quantitative estimate of drug-likeness (QED) is 0.836. The molecule has 19 heavy (non-hydrogen) atoms. The lowest BCUT2D eigenvalue weighted by Crippen LogP contribution is -2.16. The van der Waals surface area contributed by atoms with Gasteiger partial charge in [-0.3, -0.25) is 0 Å². The second-order valence-corrected chi connectivity index (χ2v) is 4.96. The maximum atomic E-state index is 5.79. The Morgan fingerprint density at radius 2 is 2.05 bits per heavy atom. The van der Waals surface area contributed by atoms with Crippen molar-refractivity contribution in [1.82, 2.24) is 9.97 Å². The highest BCUT2D eigenvalue weighted by molar-refractivity contribution is 5.78. The number of para-hydroxylation sites is 1. The molecule has 4 heteroatoms. The molecule has 0 radical (unpaired) electrons. The van der Waals surface area contributed by atoms with Crippen LogP contribution in [0.5, 0.6) is 0 Å². The van der Waals surface area contributed by atoms with Gasteiger partial charge in [-0.05, 0) is 18.9 Å². The maximum Gasteiger partial charge on any atom is 0.223 e. The lowest BCUT2D eigenvalue weighted by atomic mass is 10.2. The molecule has 0 unspecified atom stereocenters. The Kier molecular flexibility index (Phi) is 3.89. The molecule has 1 N–H and O–H groups in total. The molecule has 1 fully saturated rings. The summed E-state index contributed by atoms with van der Waals surface area (Å²) >= 11 is 0. The van der Waals surface area contributed by atoms with E-state index in [1.807, 2.05) is 30.5 Å². The summed E-state index contributed by atoms with van der Waals surface area (Å²) in [5, 5.41) is 4.28. The van der Waals surface area contributed by atoms with Crippen molar-refractivity contribution in [3.63, 3.8) is 0 Å². The van der Waals surface area contributed by atoms with E-state index in [1.165, 1.54) is 25.7 Å². The molecule has 1 heterocycles. The summed E-state index contributed by atoms with van der Waals surface area (Å²) in [6.45, 7) is 1.48. The van der Waals surface area contributed by atoms with Crippen LogP contribution in [0.4, 0.5) is 5.95 Å². The van der Waals surface area contributed by atoms with Crippen LogP contribution in [-0.2, 0) is 4.74 Å². The van der Waals surface area contributed by atoms with E-state index in [0.717, 1.165) is 24.1 Å². The Balaban J connectivity index is 1.50. The summed E-state index contributed by atoms with van der Waals surface area (Å²) < 4.78 is 5.79. The fourth-order valence-electron chi connectivity index (χ4n) is 2.50. The van der Waals surface area contributed by atoms with Crippen molar-refractivity contribution in [2.45, 2.75) is 31.8 Å². The Morgan fingerprint density at radius 1 is 1.21 bits per heavy atom. The minimum Gasteiger partial charge on any atom is -0.376 e. The average molecular weight is 257 g/mol. The Morgan fingerprint density at radius 3 is 2.95 bits per heavy atom. The lowest BCUT2D eigenvalue weighted by Gasteiger charge is -2.11. The molecule has 0 atom stereocenters. The highest BCUT2D eigenvalue weighted by Crippen LogP contribution is 2.20. The van der Waals surface area contributed by atoms with E-state index in [1.54, 1.807) is 0 Å². The highest BCUT2D eigenvalue weighted by Gasteiger charge is 2.14. The molecular formula is C15H19N3O. The lowest BCUT2D eigenvalue weighted by molar-refractivity contribution is 0.0658. The van der Waals surface area contributed by atoms with Gasteiger partial charge in [-0.25, -0.2) is 9.97 Å². The Labute approximate surface area is 113 Å². The highest BCUT2D eigenvalue weighted by atomic mass is 16.5. The van der Waals surface area contributed by atoms with E-state index >= 15 is 0 Å². The van der Waals surface area contributed by atoms with Crippen LogP contribution in [0.2, 0.25) is 0 Å². The van der Waals surface area contributed by atoms with Gasteiger partial charge in [0.2, 0.25) is 5.95 Å². The SMILES string of the molecule is c1ccc2nc(NCCOC3CCCC3)ncc2c1. The summed E-state index contributed by atoms with van der Waals surface area (Å²) in [6, 6.07) is 8.00. The minimum atomic E-state index is 0.472. The number of anilines is 1. The van der Waals surface area contributed by atoms with Gasteiger partial charge in [-0.1, -0.05) is 31.0 Å². The summed E-state index contributed by atoms with van der Waals surface area (Å²) in [5.41, 5.74) is 0.969. The van der Waals surface area contributed by atoms with E-state index in [-0.39, 0.29) is 0 Å². The first kappa shape index (κ1) is 12.4. The van der Waals surface area contributed by atoms with Gasteiger partial charge in [0.15, 0.2) is 0 Å². The Bertz CT molecular complexity index is 538. The molecule has 1 aliphatic rings. The van der Waals surface area contributed by atoms with Crippen LogP contribution in [0.25, 0.3) is 10.9 Å². The van der Waals surface area contributed by atoms with Crippen molar-refractivity contribution in [1.29, 1.82) is 0 Å². The minimum absolute atomic E-state index is 0.472. The van der Waals surface area contributed by atoms with E-state index in [9.17, 15) is 0 Å². The van der Waals surface area contributed by atoms with Crippen molar-refractivity contribution < 1.29 is 4.74 Å². The van der Waals surface area contributed by atoms with Gasteiger partial charge >= 0.3 is 0 Å². The van der Waals surface area contributed by atoms with Crippen molar-refractivity contribution in [2.24, 2.45) is 0 Å². The number of ether oxygens (including phenoxy) is 1. The normalized spacial score (nSPS) is 16.0. The van der Waals surface area contributed by atoms with Crippen molar-refractivity contribution >= 4 is 16.9 Å². The molecule has 4 nitrogen and oxygen atoms in total. The largest absolute Gasteiger partial charge is 0.376 e. The summed E-state index contributed by atoms with van der Waals surface area (Å²) in [6.07, 6.45) is 7.37. The number of benzene rings is 1. The third-order valence-corrected chi connectivity index (χ3v) is 3.53. The van der Waals surface area contributed by atoms with Gasteiger partial charge in [-0.2, -0.15) is 0 Å². The van der Waals surface area contributed by atoms with E-state index in [0.29, 0.717) is 12.1 Å². The first-order valence-electron chi connectivity index (χ1n) is 6.99. The zero-order chi connectivity index (χ0) is 12.9. The van der Waals surface area contributed by atoms with Crippen LogP contribution in [0.3, 0.4) is 0 Å². The van der Waals surface area contributed by atoms with Crippen LogP contribution in [0, 0.1) is 0 Å². The molecule has 1 aromatic carbocycles. The number of nitrogens with one attached hydrogen (secondary N) is 1. The van der Waals surface area contributed by atoms with Crippen LogP contribution in [0.15, 0.2) is 30.5 Å². The molecule has 0 amide bonds. The van der Waals surface area contributed by atoms with Crippen molar-refractivity contribution in [2.75, 3.05) is 18.5 Å². The maximum absolute atomic E-state index is 5.79. The monoisotopic (exact) mass is 257 g/mol. The third-order valence-electron chi connectivity index (χ3n) is 3.53. The van der Waals surface area contributed by atoms with Crippen LogP contribution < -0.4 is 5.32 Å². The zero-order valence-electron chi connectivity index (χ0n) is 11.0. The summed E-state index contributed by atoms with van der Waals surface area (Å²) in [5.74, 6) is 0.675. The number of hydrogen-bond acceptors (Lipinski definition) is 4. The van der Waals surface area contributed by atoms with E-state index in [2.05, 4.69) is 15.3 Å². The predicted octanol–water partition coefficient (Wildman–Crippen LogP) is 3.00. The molecule has 0 bridgehead atoms. The van der Waals surface area contributed by atoms with Gasteiger partial charge in [0.1, 0.15) is 0 Å². The number of nitrogens with zero attached hydrogens (tertiary/aromatic N) is 2. The standard InChI is InChI=1S/C15H19N3O/c1-4-8-14-12(5-1)11-17-15(18-14)16-9-10-19-13-6-2-3-7-13/h1,4-5,8,11,13H,2-3,6-7,9-10H2,(H,16,17,18). The average Bonchev–Trinajstić information content (AvgIpc) is 2.97. The first-order chi connectivity index (χ1) is 9.42. The summed E-state index contributed by atoms with van der Waals surface area (Å²) in [4.78, 5) is 8.77. The second-order valence-electron chi connectivity index (χ2n) is 4.96. The van der Waals surface area contributed by atoms with E-state index < -0.39 is 0 Å². The zero-order valence-corrected chi connectivity index (χ0v) is 11.0. The fourth-order valence-corrected chi connectivity index (χ4v) is 2.50. The number of hydrogen-bond donors (Lipinski definition) is 1. The number of aromatic nitrogens is 2. The molecule has 1 aromatic heterocycles.